The number of hydrogen-bond donors (Lipinski definition) is 1. The Morgan fingerprint density at radius 1 is 1.07 bits per heavy atom. The molecule has 7 heteroatoms. The van der Waals surface area contributed by atoms with Crippen molar-refractivity contribution in [2.75, 3.05) is 45.2 Å². The number of likely N-dealkylation sites (tertiary alicyclic amines) is 1. The van der Waals surface area contributed by atoms with Crippen LogP contribution in [0.3, 0.4) is 0 Å². The number of morpholine rings is 1. The second kappa shape index (κ2) is 12.5. The van der Waals surface area contributed by atoms with Crippen molar-refractivity contribution in [3.8, 4) is 0 Å². The summed E-state index contributed by atoms with van der Waals surface area (Å²) in [4.78, 5) is 26.1. The van der Waals surface area contributed by atoms with Gasteiger partial charge in [-0.3, -0.25) is 14.6 Å². The molecule has 44 heavy (non-hydrogen) atoms. The molecular weight excluding hydrogens is 546 g/mol. The number of carbonyl (C=O) groups excluding carboxylic acids is 1. The highest BCUT2D eigenvalue weighted by Crippen LogP contribution is 2.52. The minimum absolute atomic E-state index is 0.0154. The first-order valence-corrected chi connectivity index (χ1v) is 16.6. The Hall–Kier alpha value is -2.79. The maximum Gasteiger partial charge on any atom is 0.293 e. The van der Waals surface area contributed by atoms with Crippen molar-refractivity contribution < 1.29 is 9.53 Å². The third-order valence-corrected chi connectivity index (χ3v) is 10.9. The van der Waals surface area contributed by atoms with Gasteiger partial charge in [0.15, 0.2) is 5.71 Å². The van der Waals surface area contributed by atoms with E-state index in [0.717, 1.165) is 89.0 Å². The molecular formula is C37H53N5O2. The Balaban J connectivity index is 1.52. The number of allylic oxidation sites excluding steroid dienone is 3. The van der Waals surface area contributed by atoms with Crippen molar-refractivity contribution in [3.63, 3.8) is 0 Å². The first kappa shape index (κ1) is 32.6. The van der Waals surface area contributed by atoms with E-state index in [1.807, 2.05) is 0 Å². The van der Waals surface area contributed by atoms with Gasteiger partial charge in [0.05, 0.1) is 13.2 Å². The van der Waals surface area contributed by atoms with Crippen LogP contribution in [0, 0.1) is 12.0 Å². The first-order valence-electron chi connectivity index (χ1n) is 16.6. The van der Waals surface area contributed by atoms with Crippen LogP contribution in [0.15, 0.2) is 41.2 Å². The third kappa shape index (κ3) is 7.03. The quantitative estimate of drug-likeness (QED) is 0.315. The van der Waals surface area contributed by atoms with Gasteiger partial charge < -0.3 is 14.9 Å². The fourth-order valence-corrected chi connectivity index (χ4v) is 8.16. The van der Waals surface area contributed by atoms with Crippen LogP contribution >= 0.6 is 0 Å². The molecule has 1 aromatic carbocycles. The molecule has 3 heterocycles. The monoisotopic (exact) mass is 599 g/mol. The van der Waals surface area contributed by atoms with Crippen LogP contribution in [-0.2, 0) is 14.9 Å². The lowest BCUT2D eigenvalue weighted by atomic mass is 9.59. The Bertz CT molecular complexity index is 1370. The molecule has 7 nitrogen and oxygen atoms in total. The number of hydrogen-bond acceptors (Lipinski definition) is 5. The van der Waals surface area contributed by atoms with Crippen LogP contribution in [0.1, 0.15) is 104 Å². The van der Waals surface area contributed by atoms with Gasteiger partial charge in [0.2, 0.25) is 0 Å². The topological polar surface area (TPSA) is 61.5 Å². The maximum atomic E-state index is 13.3. The molecule has 3 aliphatic heterocycles. The lowest BCUT2D eigenvalue weighted by Crippen LogP contribution is -2.62. The lowest BCUT2D eigenvalue weighted by molar-refractivity contribution is -0.110. The predicted molar refractivity (Wildman–Crippen MR) is 181 cm³/mol. The summed E-state index contributed by atoms with van der Waals surface area (Å²) in [5.41, 5.74) is 5.49. The number of benzene rings is 1. The van der Waals surface area contributed by atoms with Crippen molar-refractivity contribution in [1.82, 2.24) is 9.80 Å². The van der Waals surface area contributed by atoms with E-state index in [-0.39, 0.29) is 27.8 Å². The molecule has 2 saturated heterocycles. The normalized spacial score (nSPS) is 24.5. The van der Waals surface area contributed by atoms with E-state index in [4.69, 9.17) is 11.3 Å². The van der Waals surface area contributed by atoms with Gasteiger partial charge in [-0.1, -0.05) is 38.6 Å². The molecule has 0 bridgehead atoms. The van der Waals surface area contributed by atoms with Gasteiger partial charge >= 0.3 is 0 Å². The maximum absolute atomic E-state index is 13.3. The number of aliphatic imine (C=N–C) groups is 1. The highest BCUT2D eigenvalue weighted by Gasteiger charge is 2.51. The van der Waals surface area contributed by atoms with E-state index in [1.165, 1.54) is 11.1 Å². The molecule has 0 atom stereocenters. The molecule has 0 spiro atoms. The van der Waals surface area contributed by atoms with Crippen LogP contribution in [0.25, 0.3) is 10.4 Å². The van der Waals surface area contributed by atoms with E-state index >= 15 is 0 Å². The number of nitrogens with one attached hydrogen (secondary N) is 1. The summed E-state index contributed by atoms with van der Waals surface area (Å²) < 4.78 is 5.61. The number of piperidine rings is 1. The van der Waals surface area contributed by atoms with Crippen LogP contribution in [-0.4, -0.2) is 72.4 Å². The van der Waals surface area contributed by atoms with Crippen LogP contribution in [0.4, 0.5) is 5.69 Å². The van der Waals surface area contributed by atoms with Gasteiger partial charge in [0.1, 0.15) is 0 Å². The standard InChI is InChI=1S/C37H53N5O2/c1-34(2)17-14-27(15-18-34)29-24-28(10-11-30(29)40-33(43)31-12-13-32(38-7)39-31)37(16-9-19-42-20-22-44-23-21-42)25-35(3,4)41(8)36(5,6)26-37/h10-11,13-14,24H,9,12,15-23,25-26H2,1-6,8H3,(H,40,43). The zero-order valence-electron chi connectivity index (χ0n) is 28.2. The molecule has 0 saturated carbocycles. The largest absolute Gasteiger partial charge is 0.379 e. The van der Waals surface area contributed by atoms with Crippen molar-refractivity contribution in [3.05, 3.63) is 58.7 Å². The minimum Gasteiger partial charge on any atom is -0.379 e. The summed E-state index contributed by atoms with van der Waals surface area (Å²) in [5.74, 6) is 0.0851. The number of anilines is 1. The molecule has 1 amide bonds. The predicted octanol–water partition coefficient (Wildman–Crippen LogP) is 7.46. The molecule has 4 aliphatic rings. The van der Waals surface area contributed by atoms with E-state index in [1.54, 1.807) is 6.08 Å². The molecule has 1 aliphatic carbocycles. The van der Waals surface area contributed by atoms with Crippen molar-refractivity contribution >= 4 is 22.9 Å². The Morgan fingerprint density at radius 2 is 1.77 bits per heavy atom. The number of carbonyl (C=O) groups is 1. The van der Waals surface area contributed by atoms with E-state index in [9.17, 15) is 4.79 Å². The van der Waals surface area contributed by atoms with Crippen molar-refractivity contribution in [2.45, 2.75) is 109 Å². The average Bonchev–Trinajstić information content (AvgIpc) is 3.46. The second-order valence-corrected chi connectivity index (χ2v) is 15.6. The van der Waals surface area contributed by atoms with E-state index < -0.39 is 0 Å². The minimum atomic E-state index is -0.215. The zero-order valence-corrected chi connectivity index (χ0v) is 28.2. The second-order valence-electron chi connectivity index (χ2n) is 15.6. The molecule has 2 fully saturated rings. The molecule has 5 rings (SSSR count). The Morgan fingerprint density at radius 3 is 2.39 bits per heavy atom. The number of nitrogens with zero attached hydrogens (tertiary/aromatic N) is 4. The Labute approximate surface area is 265 Å². The molecule has 238 valence electrons. The summed E-state index contributed by atoms with van der Waals surface area (Å²) in [6, 6.07) is 6.85. The van der Waals surface area contributed by atoms with Crippen molar-refractivity contribution in [2.24, 2.45) is 10.4 Å². The summed E-state index contributed by atoms with van der Waals surface area (Å²) in [6.45, 7) is 26.4. The van der Waals surface area contributed by atoms with E-state index in [0.29, 0.717) is 18.0 Å². The fraction of sp³-hybridized carbons (Fsp3) is 0.649. The van der Waals surface area contributed by atoms with Crippen LogP contribution in [0.5, 0.6) is 0 Å². The first-order chi connectivity index (χ1) is 20.7. The van der Waals surface area contributed by atoms with Gasteiger partial charge in [-0.2, -0.15) is 0 Å². The van der Waals surface area contributed by atoms with E-state index in [2.05, 4.69) is 97.8 Å². The highest BCUT2D eigenvalue weighted by molar-refractivity contribution is 6.44. The summed E-state index contributed by atoms with van der Waals surface area (Å²) in [6.07, 6.45) is 12.1. The average molecular weight is 600 g/mol. The van der Waals surface area contributed by atoms with Crippen LogP contribution in [0.2, 0.25) is 0 Å². The molecule has 0 unspecified atom stereocenters. The van der Waals surface area contributed by atoms with Crippen molar-refractivity contribution in [1.29, 1.82) is 0 Å². The van der Waals surface area contributed by atoms with Crippen LogP contribution < -0.4 is 5.32 Å². The summed E-state index contributed by atoms with van der Waals surface area (Å²) >= 11 is 0. The fourth-order valence-electron chi connectivity index (χ4n) is 8.16. The molecule has 0 aromatic heterocycles. The number of amides is 1. The summed E-state index contributed by atoms with van der Waals surface area (Å²) in [7, 11) is 2.29. The SMILES string of the molecule is [C-]#[N+]C1=CCC(C(=O)Nc2ccc(C3(CCCN4CCOCC4)CC(C)(C)N(C)C(C)(C)C3)cc2C2=CCC(C)(C)CC2)=N1. The van der Waals surface area contributed by atoms with Gasteiger partial charge in [0, 0.05) is 41.8 Å². The highest BCUT2D eigenvalue weighted by atomic mass is 16.5. The van der Waals surface area contributed by atoms with Gasteiger partial charge in [-0.05, 0) is 120 Å². The summed E-state index contributed by atoms with van der Waals surface area (Å²) in [5, 5.41) is 3.21. The third-order valence-electron chi connectivity index (χ3n) is 10.9. The van der Waals surface area contributed by atoms with Gasteiger partial charge in [-0.25, -0.2) is 0 Å². The number of rotatable bonds is 8. The zero-order chi connectivity index (χ0) is 31.8. The number of ether oxygens (including phenoxy) is 1. The molecule has 1 aromatic rings. The molecule has 1 N–H and O–H groups in total. The lowest BCUT2D eigenvalue weighted by Gasteiger charge is -2.59. The van der Waals surface area contributed by atoms with Gasteiger partial charge in [0.25, 0.3) is 11.7 Å². The molecule has 0 radical (unpaired) electrons. The Kier molecular flexibility index (Phi) is 9.29. The smallest absolute Gasteiger partial charge is 0.293 e. The van der Waals surface area contributed by atoms with Gasteiger partial charge in [-0.15, -0.1) is 4.99 Å².